The van der Waals surface area contributed by atoms with Crippen LogP contribution in [-0.4, -0.2) is 64.4 Å². The summed E-state index contributed by atoms with van der Waals surface area (Å²) in [6.07, 6.45) is 1.70. The summed E-state index contributed by atoms with van der Waals surface area (Å²) in [6, 6.07) is 5.82. The van der Waals surface area contributed by atoms with Crippen LogP contribution in [0.15, 0.2) is 18.2 Å². The maximum Gasteiger partial charge on any atom is 0.225 e. The molecule has 3 rings (SSSR count). The fourth-order valence-electron chi connectivity index (χ4n) is 3.41. The van der Waals surface area contributed by atoms with E-state index in [0.29, 0.717) is 13.2 Å². The van der Waals surface area contributed by atoms with Gasteiger partial charge in [-0.15, -0.1) is 0 Å². The molecule has 2 fully saturated rings. The van der Waals surface area contributed by atoms with Gasteiger partial charge in [0.1, 0.15) is 11.5 Å². The van der Waals surface area contributed by atoms with Gasteiger partial charge in [-0.3, -0.25) is 4.79 Å². The number of hydrogen-bond acceptors (Lipinski definition) is 5. The van der Waals surface area contributed by atoms with E-state index in [1.54, 1.807) is 14.2 Å². The number of methoxy groups -OCH3 is 2. The predicted molar refractivity (Wildman–Crippen MR) is 91.9 cm³/mol. The van der Waals surface area contributed by atoms with E-state index in [0.717, 1.165) is 56.2 Å². The first-order valence-corrected chi connectivity index (χ1v) is 8.56. The van der Waals surface area contributed by atoms with E-state index in [2.05, 4.69) is 4.90 Å². The second-order valence-corrected chi connectivity index (χ2v) is 6.24. The maximum absolute atomic E-state index is 12.6. The number of hydrogen-bond donors (Lipinski definition) is 0. The molecule has 0 radical (unpaired) electrons. The number of benzene rings is 1. The molecule has 24 heavy (non-hydrogen) atoms. The minimum Gasteiger partial charge on any atom is -0.497 e. The summed E-state index contributed by atoms with van der Waals surface area (Å²) in [5.41, 5.74) is 1.02. The molecule has 0 aliphatic carbocycles. The second-order valence-electron chi connectivity index (χ2n) is 6.24. The molecule has 132 valence electrons. The number of carbonyl (C=O) groups is 1. The fourth-order valence-corrected chi connectivity index (χ4v) is 3.41. The number of amides is 1. The van der Waals surface area contributed by atoms with Crippen LogP contribution >= 0.6 is 0 Å². The molecule has 2 aliphatic heterocycles. The van der Waals surface area contributed by atoms with Crippen LogP contribution < -0.4 is 14.4 Å². The van der Waals surface area contributed by atoms with Crippen molar-refractivity contribution in [3.63, 3.8) is 0 Å². The Morgan fingerprint density at radius 2 is 1.79 bits per heavy atom. The van der Waals surface area contributed by atoms with Crippen molar-refractivity contribution in [2.24, 2.45) is 5.92 Å². The van der Waals surface area contributed by atoms with E-state index in [-0.39, 0.29) is 11.8 Å². The summed E-state index contributed by atoms with van der Waals surface area (Å²) < 4.78 is 16.2. The molecule has 2 heterocycles. The van der Waals surface area contributed by atoms with Gasteiger partial charge in [-0.25, -0.2) is 0 Å². The van der Waals surface area contributed by atoms with Gasteiger partial charge in [-0.05, 0) is 25.0 Å². The Morgan fingerprint density at radius 1 is 1.08 bits per heavy atom. The van der Waals surface area contributed by atoms with Crippen LogP contribution in [0.5, 0.6) is 11.5 Å². The van der Waals surface area contributed by atoms with Gasteiger partial charge in [0.15, 0.2) is 0 Å². The van der Waals surface area contributed by atoms with Gasteiger partial charge in [-0.2, -0.15) is 0 Å². The van der Waals surface area contributed by atoms with Gasteiger partial charge < -0.3 is 24.0 Å². The summed E-state index contributed by atoms with van der Waals surface area (Å²) in [4.78, 5) is 16.9. The van der Waals surface area contributed by atoms with Crippen molar-refractivity contribution in [3.05, 3.63) is 18.2 Å². The van der Waals surface area contributed by atoms with Crippen molar-refractivity contribution in [1.82, 2.24) is 4.90 Å². The lowest BCUT2D eigenvalue weighted by molar-refractivity contribution is -0.138. The highest BCUT2D eigenvalue weighted by Gasteiger charge is 2.29. The molecule has 0 unspecified atom stereocenters. The van der Waals surface area contributed by atoms with Crippen LogP contribution in [0, 0.1) is 5.92 Å². The highest BCUT2D eigenvalue weighted by molar-refractivity contribution is 5.79. The lowest BCUT2D eigenvalue weighted by Crippen LogP contribution is -2.51. The Bertz CT molecular complexity index is 564. The summed E-state index contributed by atoms with van der Waals surface area (Å²) >= 11 is 0. The number of ether oxygens (including phenoxy) is 3. The minimum atomic E-state index is 0.136. The number of carbonyl (C=O) groups excluding carboxylic acids is 1. The Morgan fingerprint density at radius 3 is 2.42 bits per heavy atom. The third kappa shape index (κ3) is 3.59. The molecule has 2 saturated heterocycles. The maximum atomic E-state index is 12.6. The quantitative estimate of drug-likeness (QED) is 0.840. The Hall–Kier alpha value is -1.95. The zero-order chi connectivity index (χ0) is 16.9. The van der Waals surface area contributed by atoms with E-state index in [9.17, 15) is 4.79 Å². The zero-order valence-electron chi connectivity index (χ0n) is 14.5. The first-order valence-electron chi connectivity index (χ1n) is 8.56. The molecule has 0 spiro atoms. The SMILES string of the molecule is COc1ccc(OC)c(N2CCN(C(=O)C3CCOCC3)CC2)c1. The Labute approximate surface area is 143 Å². The molecular formula is C18H26N2O4. The van der Waals surface area contributed by atoms with E-state index in [1.165, 1.54) is 0 Å². The highest BCUT2D eigenvalue weighted by atomic mass is 16.5. The molecule has 1 amide bonds. The first-order chi connectivity index (χ1) is 11.7. The standard InChI is InChI=1S/C18H26N2O4/c1-22-15-3-4-17(23-2)16(13-15)19-7-9-20(10-8-19)18(21)14-5-11-24-12-6-14/h3-4,13-14H,5-12H2,1-2H3. The van der Waals surface area contributed by atoms with Crippen LogP contribution in [-0.2, 0) is 9.53 Å². The third-order valence-electron chi connectivity index (χ3n) is 4.89. The van der Waals surface area contributed by atoms with Gasteiger partial charge in [0.25, 0.3) is 0 Å². The molecule has 0 atom stereocenters. The molecule has 0 aromatic heterocycles. The zero-order valence-corrected chi connectivity index (χ0v) is 14.5. The van der Waals surface area contributed by atoms with Crippen molar-refractivity contribution in [1.29, 1.82) is 0 Å². The van der Waals surface area contributed by atoms with E-state index in [1.807, 2.05) is 23.1 Å². The van der Waals surface area contributed by atoms with Gasteiger partial charge >= 0.3 is 0 Å². The van der Waals surface area contributed by atoms with Crippen molar-refractivity contribution in [2.45, 2.75) is 12.8 Å². The number of anilines is 1. The van der Waals surface area contributed by atoms with Crippen molar-refractivity contribution < 1.29 is 19.0 Å². The van der Waals surface area contributed by atoms with Gasteiger partial charge in [0.05, 0.1) is 19.9 Å². The molecule has 0 bridgehead atoms. The lowest BCUT2D eigenvalue weighted by Gasteiger charge is -2.38. The highest BCUT2D eigenvalue weighted by Crippen LogP contribution is 2.33. The van der Waals surface area contributed by atoms with Gasteiger partial charge in [-0.1, -0.05) is 0 Å². The smallest absolute Gasteiger partial charge is 0.225 e. The average molecular weight is 334 g/mol. The fraction of sp³-hybridized carbons (Fsp3) is 0.611. The summed E-state index contributed by atoms with van der Waals surface area (Å²) in [5.74, 6) is 2.07. The summed E-state index contributed by atoms with van der Waals surface area (Å²) in [5, 5.41) is 0. The molecular weight excluding hydrogens is 308 g/mol. The molecule has 1 aromatic rings. The summed E-state index contributed by atoms with van der Waals surface area (Å²) in [6.45, 7) is 4.51. The van der Waals surface area contributed by atoms with Crippen LogP contribution in [0.3, 0.4) is 0 Å². The molecule has 1 aromatic carbocycles. The van der Waals surface area contributed by atoms with Crippen molar-refractivity contribution in [2.75, 3.05) is 58.5 Å². The Kier molecular flexibility index (Phi) is 5.45. The van der Waals surface area contributed by atoms with Gasteiger partial charge in [0.2, 0.25) is 5.91 Å². The normalized spacial score (nSPS) is 19.2. The average Bonchev–Trinajstić information content (AvgIpc) is 2.67. The van der Waals surface area contributed by atoms with E-state index < -0.39 is 0 Å². The minimum absolute atomic E-state index is 0.136. The predicted octanol–water partition coefficient (Wildman–Crippen LogP) is 1.78. The van der Waals surface area contributed by atoms with E-state index in [4.69, 9.17) is 14.2 Å². The third-order valence-corrected chi connectivity index (χ3v) is 4.89. The molecule has 6 heteroatoms. The number of piperazine rings is 1. The van der Waals surface area contributed by atoms with E-state index >= 15 is 0 Å². The lowest BCUT2D eigenvalue weighted by atomic mass is 9.98. The second kappa shape index (κ2) is 7.75. The van der Waals surface area contributed by atoms with Crippen molar-refractivity contribution in [3.8, 4) is 11.5 Å². The molecule has 0 saturated carbocycles. The summed E-state index contributed by atoms with van der Waals surface area (Å²) in [7, 11) is 3.34. The van der Waals surface area contributed by atoms with Crippen LogP contribution in [0.4, 0.5) is 5.69 Å². The molecule has 2 aliphatic rings. The molecule has 6 nitrogen and oxygen atoms in total. The largest absolute Gasteiger partial charge is 0.497 e. The van der Waals surface area contributed by atoms with Crippen LogP contribution in [0.1, 0.15) is 12.8 Å². The van der Waals surface area contributed by atoms with Gasteiger partial charge in [0, 0.05) is 51.4 Å². The van der Waals surface area contributed by atoms with Crippen LogP contribution in [0.2, 0.25) is 0 Å². The first kappa shape index (κ1) is 16.9. The van der Waals surface area contributed by atoms with Crippen LogP contribution in [0.25, 0.3) is 0 Å². The number of rotatable bonds is 4. The monoisotopic (exact) mass is 334 g/mol. The topological polar surface area (TPSA) is 51.2 Å². The van der Waals surface area contributed by atoms with Crippen molar-refractivity contribution >= 4 is 11.6 Å². The Balaban J connectivity index is 1.63. The number of nitrogens with zero attached hydrogens (tertiary/aromatic N) is 2. The molecule has 0 N–H and O–H groups in total.